The molecule has 0 aromatic rings. The van der Waals surface area contributed by atoms with Crippen molar-refractivity contribution in [1.29, 1.82) is 0 Å². The average molecular weight is 236 g/mol. The van der Waals surface area contributed by atoms with E-state index in [-0.39, 0.29) is 0 Å². The van der Waals surface area contributed by atoms with Crippen LogP contribution in [0.1, 0.15) is 77.6 Å². The molecule has 17 heavy (non-hydrogen) atoms. The maximum absolute atomic E-state index is 12.4. The van der Waals surface area contributed by atoms with Crippen LogP contribution in [0.2, 0.25) is 0 Å². The third-order valence-corrected chi connectivity index (χ3v) is 4.95. The van der Waals surface area contributed by atoms with Crippen LogP contribution < -0.4 is 0 Å². The van der Waals surface area contributed by atoms with Gasteiger partial charge in [-0.3, -0.25) is 4.79 Å². The van der Waals surface area contributed by atoms with E-state index in [2.05, 4.69) is 6.92 Å². The van der Waals surface area contributed by atoms with Crippen LogP contribution >= 0.6 is 0 Å². The van der Waals surface area contributed by atoms with Gasteiger partial charge in [0.05, 0.1) is 0 Å². The maximum Gasteiger partial charge on any atom is 0.139 e. The summed E-state index contributed by atoms with van der Waals surface area (Å²) in [7, 11) is 0. The largest absolute Gasteiger partial charge is 0.299 e. The lowest BCUT2D eigenvalue weighted by Crippen LogP contribution is -2.28. The van der Waals surface area contributed by atoms with Gasteiger partial charge in [0, 0.05) is 11.8 Å². The predicted octanol–water partition coefficient (Wildman–Crippen LogP) is 4.74. The summed E-state index contributed by atoms with van der Waals surface area (Å²) in [5.41, 5.74) is 0. The highest BCUT2D eigenvalue weighted by Gasteiger charge is 2.31. The van der Waals surface area contributed by atoms with Gasteiger partial charge in [-0.15, -0.1) is 0 Å². The number of hydrogen-bond donors (Lipinski definition) is 0. The fourth-order valence-corrected chi connectivity index (χ4v) is 3.86. The number of hydrogen-bond acceptors (Lipinski definition) is 1. The molecule has 98 valence electrons. The first-order valence-corrected chi connectivity index (χ1v) is 7.85. The highest BCUT2D eigenvalue weighted by Crippen LogP contribution is 2.36. The average Bonchev–Trinajstić information content (AvgIpc) is 2.40. The van der Waals surface area contributed by atoms with E-state index >= 15 is 0 Å². The molecule has 2 fully saturated rings. The molecule has 1 nitrogen and oxygen atoms in total. The Balaban J connectivity index is 1.77. The molecule has 0 aliphatic heterocycles. The van der Waals surface area contributed by atoms with Crippen molar-refractivity contribution in [1.82, 2.24) is 0 Å². The van der Waals surface area contributed by atoms with Gasteiger partial charge in [0.1, 0.15) is 5.78 Å². The van der Waals surface area contributed by atoms with Crippen molar-refractivity contribution in [3.05, 3.63) is 0 Å². The van der Waals surface area contributed by atoms with Crippen LogP contribution in [0.4, 0.5) is 0 Å². The van der Waals surface area contributed by atoms with E-state index in [1.165, 1.54) is 70.6 Å². The van der Waals surface area contributed by atoms with Crippen LogP contribution in [0.15, 0.2) is 0 Å². The second-order valence-corrected chi connectivity index (χ2v) is 6.24. The zero-order valence-electron chi connectivity index (χ0n) is 11.4. The van der Waals surface area contributed by atoms with E-state index in [4.69, 9.17) is 0 Å². The molecule has 2 saturated carbocycles. The molecule has 0 saturated heterocycles. The quantitative estimate of drug-likeness (QED) is 0.689. The summed E-state index contributed by atoms with van der Waals surface area (Å²) >= 11 is 0. The molecule has 0 aromatic heterocycles. The van der Waals surface area contributed by atoms with Crippen LogP contribution in [-0.4, -0.2) is 5.78 Å². The number of rotatable bonds is 4. The van der Waals surface area contributed by atoms with Gasteiger partial charge in [0.2, 0.25) is 0 Å². The summed E-state index contributed by atoms with van der Waals surface area (Å²) in [5, 5.41) is 0. The molecule has 1 heteroatoms. The number of ketones is 1. The first-order chi connectivity index (χ1) is 8.31. The van der Waals surface area contributed by atoms with Crippen molar-refractivity contribution in [3.63, 3.8) is 0 Å². The summed E-state index contributed by atoms with van der Waals surface area (Å²) in [6, 6.07) is 0. The van der Waals surface area contributed by atoms with E-state index in [1.54, 1.807) is 0 Å². The number of carbonyl (C=O) groups excluding carboxylic acids is 1. The minimum atomic E-state index is 0.436. The molecule has 0 unspecified atom stereocenters. The van der Waals surface area contributed by atoms with Crippen molar-refractivity contribution in [2.24, 2.45) is 17.8 Å². The zero-order valence-corrected chi connectivity index (χ0v) is 11.4. The van der Waals surface area contributed by atoms with E-state index < -0.39 is 0 Å². The van der Waals surface area contributed by atoms with Crippen molar-refractivity contribution in [3.8, 4) is 0 Å². The van der Waals surface area contributed by atoms with Crippen molar-refractivity contribution in [2.45, 2.75) is 77.6 Å². The molecule has 0 N–H and O–H groups in total. The van der Waals surface area contributed by atoms with Crippen LogP contribution in [0.3, 0.4) is 0 Å². The van der Waals surface area contributed by atoms with E-state index in [0.717, 1.165) is 5.92 Å². The van der Waals surface area contributed by atoms with Gasteiger partial charge in [-0.1, -0.05) is 39.0 Å². The smallest absolute Gasteiger partial charge is 0.139 e. The van der Waals surface area contributed by atoms with Crippen LogP contribution in [0.25, 0.3) is 0 Å². The minimum absolute atomic E-state index is 0.436. The van der Waals surface area contributed by atoms with Gasteiger partial charge in [-0.25, -0.2) is 0 Å². The molecule has 0 amide bonds. The van der Waals surface area contributed by atoms with Crippen molar-refractivity contribution >= 4 is 5.78 Å². The lowest BCUT2D eigenvalue weighted by atomic mass is 9.73. The zero-order chi connectivity index (χ0) is 12.1. The highest BCUT2D eigenvalue weighted by atomic mass is 16.1. The van der Waals surface area contributed by atoms with Gasteiger partial charge >= 0.3 is 0 Å². The SMILES string of the molecule is CCCC1CCC(C(=O)C2CCCCC2)CC1. The molecule has 0 bridgehead atoms. The van der Waals surface area contributed by atoms with E-state index in [1.807, 2.05) is 0 Å². The Morgan fingerprint density at radius 1 is 0.882 bits per heavy atom. The molecule has 0 atom stereocenters. The summed E-state index contributed by atoms with van der Waals surface area (Å²) in [4.78, 5) is 12.4. The topological polar surface area (TPSA) is 17.1 Å². The van der Waals surface area contributed by atoms with Crippen LogP contribution in [0.5, 0.6) is 0 Å². The Kier molecular flexibility index (Phi) is 5.06. The summed E-state index contributed by atoms with van der Waals surface area (Å²) in [6.45, 7) is 2.28. The summed E-state index contributed by atoms with van der Waals surface area (Å²) < 4.78 is 0. The first-order valence-electron chi connectivity index (χ1n) is 7.85. The van der Waals surface area contributed by atoms with E-state index in [9.17, 15) is 4.79 Å². The van der Waals surface area contributed by atoms with Gasteiger partial charge < -0.3 is 0 Å². The normalized spacial score (nSPS) is 31.4. The molecular weight excluding hydrogens is 208 g/mol. The fourth-order valence-electron chi connectivity index (χ4n) is 3.86. The Morgan fingerprint density at radius 2 is 1.47 bits per heavy atom. The van der Waals surface area contributed by atoms with E-state index in [0.29, 0.717) is 17.6 Å². The number of Topliss-reactive ketones (excluding diaryl/α,β-unsaturated/α-hetero) is 1. The predicted molar refractivity (Wildman–Crippen MR) is 71.9 cm³/mol. The molecule has 0 heterocycles. The second-order valence-electron chi connectivity index (χ2n) is 6.24. The lowest BCUT2D eigenvalue weighted by Gasteiger charge is -2.31. The second kappa shape index (κ2) is 6.56. The first kappa shape index (κ1) is 13.1. The Labute approximate surface area is 106 Å². The Morgan fingerprint density at radius 3 is 2.06 bits per heavy atom. The third kappa shape index (κ3) is 3.56. The third-order valence-electron chi connectivity index (χ3n) is 4.95. The molecule has 0 aromatic carbocycles. The Hall–Kier alpha value is -0.330. The van der Waals surface area contributed by atoms with Gasteiger partial charge in [-0.05, 0) is 44.4 Å². The summed E-state index contributed by atoms with van der Waals surface area (Å²) in [5.74, 6) is 2.44. The summed E-state index contributed by atoms with van der Waals surface area (Å²) in [6.07, 6.45) is 14.0. The van der Waals surface area contributed by atoms with Crippen LogP contribution in [-0.2, 0) is 4.79 Å². The van der Waals surface area contributed by atoms with Gasteiger partial charge in [0.15, 0.2) is 0 Å². The molecular formula is C16H28O. The molecule has 0 spiro atoms. The molecule has 2 rings (SSSR count). The fraction of sp³-hybridized carbons (Fsp3) is 0.938. The van der Waals surface area contributed by atoms with Crippen LogP contribution in [0, 0.1) is 17.8 Å². The Bertz CT molecular complexity index is 232. The maximum atomic E-state index is 12.4. The van der Waals surface area contributed by atoms with Crippen molar-refractivity contribution in [2.75, 3.05) is 0 Å². The highest BCUT2D eigenvalue weighted by molar-refractivity contribution is 5.83. The standard InChI is InChI=1S/C16H28O/c1-2-6-13-9-11-15(12-10-13)16(17)14-7-4-3-5-8-14/h13-15H,2-12H2,1H3. The molecule has 2 aliphatic carbocycles. The molecule has 0 radical (unpaired) electrons. The molecule has 2 aliphatic rings. The lowest BCUT2D eigenvalue weighted by molar-refractivity contribution is -0.129. The number of carbonyl (C=O) groups is 1. The monoisotopic (exact) mass is 236 g/mol. The van der Waals surface area contributed by atoms with Gasteiger partial charge in [-0.2, -0.15) is 0 Å². The van der Waals surface area contributed by atoms with Gasteiger partial charge in [0.25, 0.3) is 0 Å². The minimum Gasteiger partial charge on any atom is -0.299 e. The van der Waals surface area contributed by atoms with Crippen molar-refractivity contribution < 1.29 is 4.79 Å².